The molecule has 1 aromatic rings. The van der Waals surface area contributed by atoms with Gasteiger partial charge in [0.25, 0.3) is 0 Å². The highest BCUT2D eigenvalue weighted by Gasteiger charge is 1.95. The molecular weight excluding hydrogens is 138 g/mol. The van der Waals surface area contributed by atoms with Gasteiger partial charge in [0, 0.05) is 12.7 Å². The van der Waals surface area contributed by atoms with Crippen LogP contribution >= 0.6 is 0 Å². The molecule has 0 saturated carbocycles. The summed E-state index contributed by atoms with van der Waals surface area (Å²) in [6.45, 7) is 3.75. The SMILES string of the molecule is CCNCc1ncccc1N. The highest BCUT2D eigenvalue weighted by Crippen LogP contribution is 2.05. The fourth-order valence-electron chi connectivity index (χ4n) is 0.842. The quantitative estimate of drug-likeness (QED) is 0.671. The zero-order valence-electron chi connectivity index (χ0n) is 6.67. The molecule has 0 aliphatic carbocycles. The largest absolute Gasteiger partial charge is 0.397 e. The first-order valence-corrected chi connectivity index (χ1v) is 3.74. The van der Waals surface area contributed by atoms with Gasteiger partial charge in [-0.3, -0.25) is 4.98 Å². The van der Waals surface area contributed by atoms with Crippen LogP contribution in [-0.2, 0) is 6.54 Å². The van der Waals surface area contributed by atoms with Crippen molar-refractivity contribution >= 4 is 5.69 Å². The summed E-state index contributed by atoms with van der Waals surface area (Å²) in [6, 6.07) is 3.70. The molecule has 0 fully saturated rings. The maximum atomic E-state index is 5.66. The molecule has 0 unspecified atom stereocenters. The summed E-state index contributed by atoms with van der Waals surface area (Å²) in [5, 5.41) is 3.16. The van der Waals surface area contributed by atoms with E-state index in [4.69, 9.17) is 5.73 Å². The smallest absolute Gasteiger partial charge is 0.0770 e. The fraction of sp³-hybridized carbons (Fsp3) is 0.375. The Hall–Kier alpha value is -1.09. The van der Waals surface area contributed by atoms with Gasteiger partial charge in [-0.25, -0.2) is 0 Å². The number of nitrogen functional groups attached to an aromatic ring is 1. The first-order valence-electron chi connectivity index (χ1n) is 3.74. The van der Waals surface area contributed by atoms with Gasteiger partial charge in [0.15, 0.2) is 0 Å². The molecule has 11 heavy (non-hydrogen) atoms. The molecule has 3 N–H and O–H groups in total. The lowest BCUT2D eigenvalue weighted by Crippen LogP contribution is -2.14. The third kappa shape index (κ3) is 2.20. The van der Waals surface area contributed by atoms with Gasteiger partial charge in [0.05, 0.1) is 11.4 Å². The third-order valence-electron chi connectivity index (χ3n) is 1.47. The van der Waals surface area contributed by atoms with Crippen LogP contribution in [-0.4, -0.2) is 11.5 Å². The van der Waals surface area contributed by atoms with Crippen molar-refractivity contribution in [2.75, 3.05) is 12.3 Å². The van der Waals surface area contributed by atoms with Crippen molar-refractivity contribution in [2.45, 2.75) is 13.5 Å². The molecule has 0 radical (unpaired) electrons. The Morgan fingerprint density at radius 3 is 3.09 bits per heavy atom. The summed E-state index contributed by atoms with van der Waals surface area (Å²) < 4.78 is 0. The van der Waals surface area contributed by atoms with E-state index in [1.807, 2.05) is 12.1 Å². The number of nitrogens with two attached hydrogens (primary N) is 1. The van der Waals surface area contributed by atoms with Crippen molar-refractivity contribution < 1.29 is 0 Å². The lowest BCUT2D eigenvalue weighted by Gasteiger charge is -2.02. The molecule has 1 aromatic heterocycles. The van der Waals surface area contributed by atoms with Crippen LogP contribution in [0.3, 0.4) is 0 Å². The molecular formula is C8H13N3. The molecule has 0 bridgehead atoms. The van der Waals surface area contributed by atoms with E-state index in [0.29, 0.717) is 0 Å². The number of aromatic nitrogens is 1. The van der Waals surface area contributed by atoms with Crippen LogP contribution in [0, 0.1) is 0 Å². The molecule has 0 spiro atoms. The lowest BCUT2D eigenvalue weighted by molar-refractivity contribution is 0.712. The Labute approximate surface area is 66.6 Å². The zero-order valence-corrected chi connectivity index (χ0v) is 6.67. The van der Waals surface area contributed by atoms with Crippen molar-refractivity contribution in [2.24, 2.45) is 0 Å². The summed E-state index contributed by atoms with van der Waals surface area (Å²) in [6.07, 6.45) is 1.75. The molecule has 0 atom stereocenters. The monoisotopic (exact) mass is 151 g/mol. The minimum absolute atomic E-state index is 0.753. The van der Waals surface area contributed by atoms with Gasteiger partial charge < -0.3 is 11.1 Å². The maximum Gasteiger partial charge on any atom is 0.0770 e. The number of nitrogens with zero attached hydrogens (tertiary/aromatic N) is 1. The second-order valence-corrected chi connectivity index (χ2v) is 2.32. The summed E-state index contributed by atoms with van der Waals surface area (Å²) >= 11 is 0. The van der Waals surface area contributed by atoms with E-state index >= 15 is 0 Å². The molecule has 0 aliphatic heterocycles. The maximum absolute atomic E-state index is 5.66. The van der Waals surface area contributed by atoms with E-state index in [9.17, 15) is 0 Å². The van der Waals surface area contributed by atoms with Gasteiger partial charge in [0.1, 0.15) is 0 Å². The standard InChI is InChI=1S/C8H13N3/c1-2-10-6-8-7(9)4-3-5-11-8/h3-5,10H,2,6,9H2,1H3. The summed E-state index contributed by atoms with van der Waals surface area (Å²) in [7, 11) is 0. The summed E-state index contributed by atoms with van der Waals surface area (Å²) in [5.41, 5.74) is 7.34. The van der Waals surface area contributed by atoms with Crippen LogP contribution in [0.15, 0.2) is 18.3 Å². The lowest BCUT2D eigenvalue weighted by atomic mass is 10.3. The number of rotatable bonds is 3. The van der Waals surface area contributed by atoms with Crippen LogP contribution < -0.4 is 11.1 Å². The van der Waals surface area contributed by atoms with Crippen LogP contribution in [0.25, 0.3) is 0 Å². The topological polar surface area (TPSA) is 50.9 Å². The minimum Gasteiger partial charge on any atom is -0.397 e. The Bertz CT molecular complexity index is 222. The molecule has 60 valence electrons. The summed E-state index contributed by atoms with van der Waals surface area (Å²) in [5.74, 6) is 0. The molecule has 0 amide bonds. The number of hydrogen-bond acceptors (Lipinski definition) is 3. The van der Waals surface area contributed by atoms with Gasteiger partial charge in [-0.1, -0.05) is 6.92 Å². The van der Waals surface area contributed by atoms with E-state index in [0.717, 1.165) is 24.5 Å². The highest BCUT2D eigenvalue weighted by molar-refractivity contribution is 5.41. The predicted molar refractivity (Wildman–Crippen MR) is 46.0 cm³/mol. The van der Waals surface area contributed by atoms with Crippen LogP contribution in [0.4, 0.5) is 5.69 Å². The molecule has 0 aromatic carbocycles. The second-order valence-electron chi connectivity index (χ2n) is 2.32. The second kappa shape index (κ2) is 3.93. The molecule has 3 heteroatoms. The van der Waals surface area contributed by atoms with Gasteiger partial charge >= 0.3 is 0 Å². The van der Waals surface area contributed by atoms with Crippen molar-refractivity contribution in [3.8, 4) is 0 Å². The first kappa shape index (κ1) is 8.01. The Morgan fingerprint density at radius 1 is 1.64 bits per heavy atom. The van der Waals surface area contributed by atoms with Crippen molar-refractivity contribution in [3.05, 3.63) is 24.0 Å². The Balaban J connectivity index is 2.62. The van der Waals surface area contributed by atoms with E-state index in [1.165, 1.54) is 0 Å². The van der Waals surface area contributed by atoms with Crippen LogP contribution in [0.1, 0.15) is 12.6 Å². The van der Waals surface area contributed by atoms with E-state index in [2.05, 4.69) is 17.2 Å². The van der Waals surface area contributed by atoms with Gasteiger partial charge in [-0.05, 0) is 18.7 Å². The minimum atomic E-state index is 0.753. The van der Waals surface area contributed by atoms with E-state index in [-0.39, 0.29) is 0 Å². The van der Waals surface area contributed by atoms with E-state index in [1.54, 1.807) is 6.20 Å². The van der Waals surface area contributed by atoms with Crippen molar-refractivity contribution in [3.63, 3.8) is 0 Å². The van der Waals surface area contributed by atoms with Gasteiger partial charge in [0.2, 0.25) is 0 Å². The number of anilines is 1. The predicted octanol–water partition coefficient (Wildman–Crippen LogP) is 0.773. The molecule has 3 nitrogen and oxygen atoms in total. The van der Waals surface area contributed by atoms with Gasteiger partial charge in [-0.2, -0.15) is 0 Å². The number of pyridine rings is 1. The van der Waals surface area contributed by atoms with E-state index < -0.39 is 0 Å². The average molecular weight is 151 g/mol. The molecule has 1 rings (SSSR count). The Morgan fingerprint density at radius 2 is 2.45 bits per heavy atom. The normalized spacial score (nSPS) is 9.91. The van der Waals surface area contributed by atoms with Crippen LogP contribution in [0.2, 0.25) is 0 Å². The summed E-state index contributed by atoms with van der Waals surface area (Å²) in [4.78, 5) is 4.13. The zero-order chi connectivity index (χ0) is 8.10. The average Bonchev–Trinajstić information content (AvgIpc) is 2.03. The third-order valence-corrected chi connectivity index (χ3v) is 1.47. The fourth-order valence-corrected chi connectivity index (χ4v) is 0.842. The first-order chi connectivity index (χ1) is 5.34. The molecule has 0 saturated heterocycles. The van der Waals surface area contributed by atoms with Gasteiger partial charge in [-0.15, -0.1) is 0 Å². The number of hydrogen-bond donors (Lipinski definition) is 2. The molecule has 0 aliphatic rings. The van der Waals surface area contributed by atoms with Crippen molar-refractivity contribution in [1.29, 1.82) is 0 Å². The molecule has 1 heterocycles. The van der Waals surface area contributed by atoms with Crippen LogP contribution in [0.5, 0.6) is 0 Å². The Kier molecular flexibility index (Phi) is 2.86. The highest BCUT2D eigenvalue weighted by atomic mass is 14.9. The van der Waals surface area contributed by atoms with Crippen molar-refractivity contribution in [1.82, 2.24) is 10.3 Å². The number of nitrogens with one attached hydrogen (secondary N) is 1.